The number of aliphatic hydroxyl groups is 1. The molecule has 1 N–H and O–H groups in total. The molecule has 1 atom stereocenters. The molecule has 4 aromatic rings. The van der Waals surface area contributed by atoms with Gasteiger partial charge in [-0.2, -0.15) is 0 Å². The number of hydrogen-bond donors (Lipinski definition) is 1. The molecule has 1 aliphatic rings. The number of Topliss-reactive ketones (excluding diaryl/α,β-unsaturated/α-hetero) is 1. The molecule has 7 nitrogen and oxygen atoms in total. The summed E-state index contributed by atoms with van der Waals surface area (Å²) in [4.78, 5) is 36.6. The van der Waals surface area contributed by atoms with Crippen LogP contribution < -0.4 is 9.64 Å². The molecule has 1 amide bonds. The van der Waals surface area contributed by atoms with Gasteiger partial charge in [-0.3, -0.25) is 19.5 Å². The molecule has 5 rings (SSSR count). The van der Waals surface area contributed by atoms with E-state index in [2.05, 4.69) is 9.97 Å². The van der Waals surface area contributed by atoms with Crippen LogP contribution >= 0.6 is 22.9 Å². The minimum absolute atomic E-state index is 0.0780. The molecular formula is C27H21ClFN3O4S. The SMILES string of the molecule is COc1ccc(/C(O)=C2\C(=O)C(=O)N(c3nc4cc(Cl)c(F)cc4s3)C2c2cccnc2)cc1C(C)C. The highest BCUT2D eigenvalue weighted by Gasteiger charge is 2.48. The average Bonchev–Trinajstić information content (AvgIpc) is 3.41. The van der Waals surface area contributed by atoms with Gasteiger partial charge in [0.25, 0.3) is 5.78 Å². The van der Waals surface area contributed by atoms with E-state index in [1.165, 1.54) is 23.2 Å². The van der Waals surface area contributed by atoms with Gasteiger partial charge in [0.15, 0.2) is 5.13 Å². The number of anilines is 1. The first-order valence-corrected chi connectivity index (χ1v) is 12.6. The molecule has 0 saturated carbocycles. The van der Waals surface area contributed by atoms with Crippen LogP contribution in [0.3, 0.4) is 0 Å². The Morgan fingerprint density at radius 2 is 2.00 bits per heavy atom. The summed E-state index contributed by atoms with van der Waals surface area (Å²) in [7, 11) is 1.56. The predicted molar refractivity (Wildman–Crippen MR) is 141 cm³/mol. The Labute approximate surface area is 220 Å². The first kappa shape index (κ1) is 24.9. The number of aromatic nitrogens is 2. The van der Waals surface area contributed by atoms with Gasteiger partial charge in [-0.05, 0) is 53.4 Å². The van der Waals surface area contributed by atoms with E-state index >= 15 is 0 Å². The second kappa shape index (κ2) is 9.57. The van der Waals surface area contributed by atoms with E-state index in [0.29, 0.717) is 27.1 Å². The summed E-state index contributed by atoms with van der Waals surface area (Å²) in [6.45, 7) is 3.97. The number of ether oxygens (including phenoxy) is 1. The number of thiazole rings is 1. The van der Waals surface area contributed by atoms with Crippen LogP contribution in [0.2, 0.25) is 5.02 Å². The summed E-state index contributed by atoms with van der Waals surface area (Å²) >= 11 is 6.96. The number of benzene rings is 2. The van der Waals surface area contributed by atoms with Gasteiger partial charge in [0.1, 0.15) is 17.3 Å². The molecule has 2 aromatic heterocycles. The van der Waals surface area contributed by atoms with Gasteiger partial charge < -0.3 is 9.84 Å². The van der Waals surface area contributed by atoms with Crippen LogP contribution in [0, 0.1) is 5.82 Å². The normalized spacial score (nSPS) is 17.2. The Morgan fingerprint density at radius 3 is 2.68 bits per heavy atom. The summed E-state index contributed by atoms with van der Waals surface area (Å²) < 4.78 is 20.0. The fourth-order valence-corrected chi connectivity index (χ4v) is 5.54. The number of rotatable bonds is 5. The Bertz CT molecular complexity index is 1550. The maximum absolute atomic E-state index is 14.1. The van der Waals surface area contributed by atoms with Gasteiger partial charge in [-0.15, -0.1) is 0 Å². The van der Waals surface area contributed by atoms with Crippen molar-refractivity contribution in [3.63, 3.8) is 0 Å². The van der Waals surface area contributed by atoms with Gasteiger partial charge in [-0.25, -0.2) is 9.37 Å². The number of methoxy groups -OCH3 is 1. The van der Waals surface area contributed by atoms with Crippen molar-refractivity contribution in [3.05, 3.63) is 88.0 Å². The molecule has 1 unspecified atom stereocenters. The zero-order chi connectivity index (χ0) is 26.4. The first-order chi connectivity index (χ1) is 17.7. The second-order valence-electron chi connectivity index (χ2n) is 8.80. The molecule has 2 aromatic carbocycles. The third kappa shape index (κ3) is 4.24. The summed E-state index contributed by atoms with van der Waals surface area (Å²) in [6.07, 6.45) is 3.09. The number of carbonyl (C=O) groups excluding carboxylic acids is 2. The molecule has 1 fully saturated rings. The molecule has 0 spiro atoms. The van der Waals surface area contributed by atoms with Gasteiger partial charge in [0, 0.05) is 18.0 Å². The van der Waals surface area contributed by atoms with Crippen LogP contribution in [0.25, 0.3) is 16.0 Å². The molecule has 1 aliphatic heterocycles. The van der Waals surface area contributed by atoms with Crippen LogP contribution in [0.15, 0.2) is 60.4 Å². The summed E-state index contributed by atoms with van der Waals surface area (Å²) in [5.74, 6) is -1.94. The van der Waals surface area contributed by atoms with Crippen LogP contribution in [0.1, 0.15) is 42.5 Å². The number of nitrogens with zero attached hydrogens (tertiary/aromatic N) is 3. The number of fused-ring (bicyclic) bond motifs is 1. The van der Waals surface area contributed by atoms with Crippen LogP contribution in [0.4, 0.5) is 9.52 Å². The van der Waals surface area contributed by atoms with E-state index in [1.54, 1.807) is 43.6 Å². The second-order valence-corrected chi connectivity index (χ2v) is 10.2. The zero-order valence-corrected chi connectivity index (χ0v) is 21.6. The lowest BCUT2D eigenvalue weighted by atomic mass is 9.94. The summed E-state index contributed by atoms with van der Waals surface area (Å²) in [5, 5.41) is 11.5. The standard InChI is InChI=1S/C27H21ClFN3O4S/c1-13(2)16-9-14(6-7-20(16)36-3)24(33)22-23(15-5-4-8-30-12-15)32(26(35)25(22)34)27-31-19-10-17(28)18(29)11-21(19)37-27/h4-13,23,33H,1-3H3/b24-22+. The van der Waals surface area contributed by atoms with E-state index in [4.69, 9.17) is 16.3 Å². The largest absolute Gasteiger partial charge is 0.507 e. The number of amides is 1. The van der Waals surface area contributed by atoms with E-state index in [1.807, 2.05) is 13.8 Å². The maximum Gasteiger partial charge on any atom is 0.301 e. The monoisotopic (exact) mass is 537 g/mol. The van der Waals surface area contributed by atoms with Crippen molar-refractivity contribution in [2.75, 3.05) is 12.0 Å². The van der Waals surface area contributed by atoms with Crippen molar-refractivity contribution in [2.24, 2.45) is 0 Å². The number of hydrogen-bond acceptors (Lipinski definition) is 7. The van der Waals surface area contributed by atoms with Crippen molar-refractivity contribution >= 4 is 55.7 Å². The van der Waals surface area contributed by atoms with Crippen LogP contribution in [-0.4, -0.2) is 33.9 Å². The fourth-order valence-electron chi connectivity index (χ4n) is 4.39. The van der Waals surface area contributed by atoms with E-state index in [9.17, 15) is 19.1 Å². The highest BCUT2D eigenvalue weighted by atomic mass is 35.5. The van der Waals surface area contributed by atoms with Crippen molar-refractivity contribution in [2.45, 2.75) is 25.8 Å². The third-order valence-electron chi connectivity index (χ3n) is 6.20. The summed E-state index contributed by atoms with van der Waals surface area (Å²) in [5.41, 5.74) is 2.00. The lowest BCUT2D eigenvalue weighted by Gasteiger charge is -2.22. The number of aliphatic hydroxyl groups excluding tert-OH is 1. The Balaban J connectivity index is 1.72. The lowest BCUT2D eigenvalue weighted by molar-refractivity contribution is -0.132. The van der Waals surface area contributed by atoms with E-state index < -0.39 is 23.5 Å². The minimum Gasteiger partial charge on any atom is -0.507 e. The third-order valence-corrected chi connectivity index (χ3v) is 7.50. The lowest BCUT2D eigenvalue weighted by Crippen LogP contribution is -2.29. The topological polar surface area (TPSA) is 92.6 Å². The van der Waals surface area contributed by atoms with Crippen molar-refractivity contribution in [3.8, 4) is 5.75 Å². The van der Waals surface area contributed by atoms with Crippen molar-refractivity contribution < 1.29 is 23.8 Å². The van der Waals surface area contributed by atoms with Crippen molar-refractivity contribution in [1.29, 1.82) is 0 Å². The molecule has 37 heavy (non-hydrogen) atoms. The smallest absolute Gasteiger partial charge is 0.301 e. The Hall–Kier alpha value is -3.82. The predicted octanol–water partition coefficient (Wildman–Crippen LogP) is 6.24. The highest BCUT2D eigenvalue weighted by Crippen LogP contribution is 2.45. The number of halogens is 2. The summed E-state index contributed by atoms with van der Waals surface area (Å²) in [6, 6.07) is 10.1. The van der Waals surface area contributed by atoms with Gasteiger partial charge in [-0.1, -0.05) is 42.9 Å². The Kier molecular flexibility index (Phi) is 6.43. The zero-order valence-electron chi connectivity index (χ0n) is 20.0. The van der Waals surface area contributed by atoms with Gasteiger partial charge >= 0.3 is 5.91 Å². The van der Waals surface area contributed by atoms with Crippen molar-refractivity contribution in [1.82, 2.24) is 9.97 Å². The maximum atomic E-state index is 14.1. The number of ketones is 1. The fraction of sp³-hybridized carbons (Fsp3) is 0.185. The molecule has 10 heteroatoms. The highest BCUT2D eigenvalue weighted by molar-refractivity contribution is 7.22. The van der Waals surface area contributed by atoms with Crippen LogP contribution in [-0.2, 0) is 9.59 Å². The molecule has 0 radical (unpaired) electrons. The molecule has 1 saturated heterocycles. The number of carbonyl (C=O) groups is 2. The molecule has 0 bridgehead atoms. The molecule has 0 aliphatic carbocycles. The minimum atomic E-state index is -1.00. The molecule has 188 valence electrons. The van der Waals surface area contributed by atoms with Gasteiger partial charge in [0.2, 0.25) is 0 Å². The number of pyridine rings is 1. The Morgan fingerprint density at radius 1 is 1.22 bits per heavy atom. The first-order valence-electron chi connectivity index (χ1n) is 11.4. The van der Waals surface area contributed by atoms with Gasteiger partial charge in [0.05, 0.1) is 34.0 Å². The molecular weight excluding hydrogens is 517 g/mol. The molecule has 3 heterocycles. The quantitative estimate of drug-likeness (QED) is 0.184. The average molecular weight is 538 g/mol. The van der Waals surface area contributed by atoms with E-state index in [0.717, 1.165) is 16.9 Å². The van der Waals surface area contributed by atoms with E-state index in [-0.39, 0.29) is 27.4 Å². The van der Waals surface area contributed by atoms with Crippen LogP contribution in [0.5, 0.6) is 5.75 Å².